The Morgan fingerprint density at radius 1 is 1.28 bits per heavy atom. The highest BCUT2D eigenvalue weighted by atomic mass is 32.1. The average molecular weight is 262 g/mol. The molecule has 0 aromatic heterocycles. The zero-order chi connectivity index (χ0) is 13.7. The summed E-state index contributed by atoms with van der Waals surface area (Å²) in [5, 5.41) is -0.115. The molecular weight excluding hydrogens is 244 g/mol. The van der Waals surface area contributed by atoms with Crippen molar-refractivity contribution in [2.24, 2.45) is 0 Å². The SMILES string of the molecule is CC(=O)C=Cc1c(C)cc(C)cc1CCC(=O)S. The van der Waals surface area contributed by atoms with Gasteiger partial charge >= 0.3 is 0 Å². The van der Waals surface area contributed by atoms with Crippen LogP contribution < -0.4 is 0 Å². The zero-order valence-corrected chi connectivity index (χ0v) is 11.9. The Morgan fingerprint density at radius 2 is 1.94 bits per heavy atom. The van der Waals surface area contributed by atoms with Crippen LogP contribution in [0.1, 0.15) is 35.6 Å². The molecule has 0 aliphatic rings. The Hall–Kier alpha value is -1.35. The lowest BCUT2D eigenvalue weighted by Crippen LogP contribution is -1.98. The molecule has 1 aromatic carbocycles. The van der Waals surface area contributed by atoms with E-state index in [2.05, 4.69) is 24.8 Å². The van der Waals surface area contributed by atoms with E-state index in [0.29, 0.717) is 12.8 Å². The highest BCUT2D eigenvalue weighted by Gasteiger charge is 2.06. The predicted octanol–water partition coefficient (Wildman–Crippen LogP) is 3.29. The van der Waals surface area contributed by atoms with Gasteiger partial charge in [-0.05, 0) is 50.0 Å². The van der Waals surface area contributed by atoms with Crippen molar-refractivity contribution in [3.05, 3.63) is 40.5 Å². The minimum atomic E-state index is -0.115. The van der Waals surface area contributed by atoms with Crippen LogP contribution in [0.5, 0.6) is 0 Å². The smallest absolute Gasteiger partial charge is 0.186 e. The zero-order valence-electron chi connectivity index (χ0n) is 11.0. The molecule has 96 valence electrons. The van der Waals surface area contributed by atoms with Crippen molar-refractivity contribution < 1.29 is 9.59 Å². The van der Waals surface area contributed by atoms with Crippen LogP contribution in [0.4, 0.5) is 0 Å². The number of hydrogen-bond donors (Lipinski definition) is 1. The van der Waals surface area contributed by atoms with Crippen LogP contribution in [0.25, 0.3) is 6.08 Å². The second kappa shape index (κ2) is 6.55. The Kier molecular flexibility index (Phi) is 5.35. The minimum absolute atomic E-state index is 0.0196. The van der Waals surface area contributed by atoms with Gasteiger partial charge in [-0.15, -0.1) is 12.6 Å². The monoisotopic (exact) mass is 262 g/mol. The summed E-state index contributed by atoms with van der Waals surface area (Å²) in [6.07, 6.45) is 4.45. The van der Waals surface area contributed by atoms with Gasteiger partial charge in [-0.3, -0.25) is 9.59 Å². The van der Waals surface area contributed by atoms with E-state index in [4.69, 9.17) is 0 Å². The molecule has 0 saturated carbocycles. The molecule has 0 unspecified atom stereocenters. The van der Waals surface area contributed by atoms with Crippen molar-refractivity contribution in [2.45, 2.75) is 33.6 Å². The molecule has 0 N–H and O–H groups in total. The maximum atomic E-state index is 11.0. The van der Waals surface area contributed by atoms with Crippen molar-refractivity contribution >= 4 is 29.6 Å². The third-order valence-corrected chi connectivity index (χ3v) is 2.93. The molecule has 1 rings (SSSR count). The standard InChI is InChI=1S/C15H18O2S/c1-10-8-11(2)14(6-4-12(3)16)13(9-10)5-7-15(17)18/h4,6,8-9H,5,7H2,1-3H3,(H,17,18). The van der Waals surface area contributed by atoms with Crippen LogP contribution in [0.15, 0.2) is 18.2 Å². The molecule has 3 heteroatoms. The van der Waals surface area contributed by atoms with Gasteiger partial charge in [0.2, 0.25) is 0 Å². The fraction of sp³-hybridized carbons (Fsp3) is 0.333. The van der Waals surface area contributed by atoms with E-state index in [9.17, 15) is 9.59 Å². The molecule has 0 radical (unpaired) electrons. The van der Waals surface area contributed by atoms with Gasteiger partial charge in [0.15, 0.2) is 10.9 Å². The van der Waals surface area contributed by atoms with Crippen LogP contribution in [-0.4, -0.2) is 10.9 Å². The van der Waals surface area contributed by atoms with Crippen molar-refractivity contribution in [1.82, 2.24) is 0 Å². The van der Waals surface area contributed by atoms with E-state index in [1.165, 1.54) is 6.92 Å². The summed E-state index contributed by atoms with van der Waals surface area (Å²) in [6.45, 7) is 5.56. The lowest BCUT2D eigenvalue weighted by Gasteiger charge is -2.10. The number of ketones is 1. The summed E-state index contributed by atoms with van der Waals surface area (Å²) in [5.41, 5.74) is 4.40. The Labute approximate surface area is 114 Å². The van der Waals surface area contributed by atoms with Crippen molar-refractivity contribution in [2.75, 3.05) is 0 Å². The van der Waals surface area contributed by atoms with E-state index in [1.807, 2.05) is 19.9 Å². The summed E-state index contributed by atoms with van der Waals surface area (Å²) in [7, 11) is 0. The van der Waals surface area contributed by atoms with Crippen LogP contribution >= 0.6 is 12.6 Å². The second-order valence-corrected chi connectivity index (χ2v) is 4.99. The summed E-state index contributed by atoms with van der Waals surface area (Å²) in [5.74, 6) is 0.0196. The van der Waals surface area contributed by atoms with E-state index < -0.39 is 0 Å². The Morgan fingerprint density at radius 3 is 2.50 bits per heavy atom. The van der Waals surface area contributed by atoms with Crippen LogP contribution in [0, 0.1) is 13.8 Å². The molecule has 0 spiro atoms. The molecule has 0 atom stereocenters. The van der Waals surface area contributed by atoms with Gasteiger partial charge in [-0.25, -0.2) is 0 Å². The van der Waals surface area contributed by atoms with Gasteiger partial charge in [0.25, 0.3) is 0 Å². The second-order valence-electron chi connectivity index (χ2n) is 4.49. The van der Waals surface area contributed by atoms with Gasteiger partial charge in [0.1, 0.15) is 0 Å². The predicted molar refractivity (Wildman–Crippen MR) is 77.9 cm³/mol. The number of rotatable bonds is 5. The molecule has 0 fully saturated rings. The van der Waals surface area contributed by atoms with Crippen LogP contribution in [0.3, 0.4) is 0 Å². The molecule has 18 heavy (non-hydrogen) atoms. The minimum Gasteiger partial charge on any atom is -0.295 e. The Bertz CT molecular complexity index is 501. The van der Waals surface area contributed by atoms with Gasteiger partial charge in [0, 0.05) is 6.42 Å². The number of benzene rings is 1. The first-order chi connectivity index (χ1) is 8.40. The third-order valence-electron chi connectivity index (χ3n) is 2.71. The van der Waals surface area contributed by atoms with Crippen molar-refractivity contribution in [3.8, 4) is 0 Å². The number of allylic oxidation sites excluding steroid dienone is 1. The number of thiol groups is 1. The summed E-state index contributed by atoms with van der Waals surface area (Å²) < 4.78 is 0. The molecule has 0 saturated heterocycles. The molecular formula is C15H18O2S. The molecule has 0 aliphatic heterocycles. The summed E-state index contributed by atoms with van der Waals surface area (Å²) in [6, 6.07) is 4.13. The van der Waals surface area contributed by atoms with Crippen LogP contribution in [0.2, 0.25) is 0 Å². The topological polar surface area (TPSA) is 34.1 Å². The quantitative estimate of drug-likeness (QED) is 0.652. The highest BCUT2D eigenvalue weighted by molar-refractivity contribution is 7.96. The number of carbonyl (C=O) groups excluding carboxylic acids is 2. The van der Waals surface area contributed by atoms with Crippen LogP contribution in [-0.2, 0) is 16.0 Å². The van der Waals surface area contributed by atoms with Gasteiger partial charge < -0.3 is 0 Å². The van der Waals surface area contributed by atoms with Gasteiger partial charge in [0.05, 0.1) is 0 Å². The third kappa shape index (κ3) is 4.49. The molecule has 0 bridgehead atoms. The molecule has 1 aromatic rings. The lowest BCUT2D eigenvalue weighted by molar-refractivity contribution is -0.112. The maximum absolute atomic E-state index is 11.0. The largest absolute Gasteiger partial charge is 0.295 e. The molecule has 0 aliphatic carbocycles. The van der Waals surface area contributed by atoms with Crippen molar-refractivity contribution in [1.29, 1.82) is 0 Å². The molecule has 0 amide bonds. The molecule has 0 heterocycles. The van der Waals surface area contributed by atoms with E-state index in [-0.39, 0.29) is 10.9 Å². The van der Waals surface area contributed by atoms with Gasteiger partial charge in [-0.1, -0.05) is 23.8 Å². The first kappa shape index (κ1) is 14.7. The van der Waals surface area contributed by atoms with Gasteiger partial charge in [-0.2, -0.15) is 0 Å². The lowest BCUT2D eigenvalue weighted by atomic mass is 9.95. The number of hydrogen-bond acceptors (Lipinski definition) is 2. The normalized spacial score (nSPS) is 10.9. The van der Waals surface area contributed by atoms with E-state index in [1.54, 1.807) is 6.08 Å². The fourth-order valence-corrected chi connectivity index (χ4v) is 2.07. The Balaban J connectivity index is 3.12. The first-order valence-electron chi connectivity index (χ1n) is 5.90. The number of carbonyl (C=O) groups is 2. The van der Waals surface area contributed by atoms with E-state index in [0.717, 1.165) is 22.3 Å². The van der Waals surface area contributed by atoms with Crippen molar-refractivity contribution in [3.63, 3.8) is 0 Å². The summed E-state index contributed by atoms with van der Waals surface area (Å²) >= 11 is 3.79. The first-order valence-corrected chi connectivity index (χ1v) is 6.35. The fourth-order valence-electron chi connectivity index (χ4n) is 1.95. The highest BCUT2D eigenvalue weighted by Crippen LogP contribution is 2.20. The average Bonchev–Trinajstić information content (AvgIpc) is 2.24. The summed E-state index contributed by atoms with van der Waals surface area (Å²) in [4.78, 5) is 22.0. The number of aryl methyl sites for hydroxylation is 3. The molecule has 2 nitrogen and oxygen atoms in total. The van der Waals surface area contributed by atoms with E-state index >= 15 is 0 Å². The maximum Gasteiger partial charge on any atom is 0.186 e.